The number of aliphatic hydroxyl groups excluding tert-OH is 1. The molecule has 0 aromatic rings. The fourth-order valence-electron chi connectivity index (χ4n) is 6.73. The third-order valence-corrected chi connectivity index (χ3v) is 8.41. The molecule has 0 radical (unpaired) electrons. The number of allylic oxidation sites excluding steroid dienone is 4. The van der Waals surface area contributed by atoms with Gasteiger partial charge in [0.15, 0.2) is 0 Å². The van der Waals surface area contributed by atoms with Crippen LogP contribution in [-0.4, -0.2) is 11.2 Å². The quantitative estimate of drug-likeness (QED) is 0.478. The second-order valence-corrected chi connectivity index (χ2v) is 10.9. The minimum atomic E-state index is -0.418. The van der Waals surface area contributed by atoms with Gasteiger partial charge in [0.05, 0.1) is 6.10 Å². The summed E-state index contributed by atoms with van der Waals surface area (Å²) in [5, 5.41) is 9.98. The lowest BCUT2D eigenvalue weighted by Gasteiger charge is -2.44. The van der Waals surface area contributed by atoms with E-state index < -0.39 is 6.10 Å². The van der Waals surface area contributed by atoms with E-state index in [1.54, 1.807) is 0 Å². The van der Waals surface area contributed by atoms with Crippen LogP contribution in [-0.2, 0) is 0 Å². The van der Waals surface area contributed by atoms with Crippen LogP contribution in [0.5, 0.6) is 0 Å². The fourth-order valence-corrected chi connectivity index (χ4v) is 6.73. The van der Waals surface area contributed by atoms with Crippen molar-refractivity contribution in [2.75, 3.05) is 0 Å². The summed E-state index contributed by atoms with van der Waals surface area (Å²) in [4.78, 5) is 0. The van der Waals surface area contributed by atoms with Gasteiger partial charge in [-0.2, -0.15) is 0 Å². The monoisotopic (exact) mass is 402 g/mol. The zero-order chi connectivity index (χ0) is 21.2. The van der Waals surface area contributed by atoms with Crippen molar-refractivity contribution >= 4 is 0 Å². The van der Waals surface area contributed by atoms with Gasteiger partial charge in [-0.1, -0.05) is 59.1 Å². The molecular formula is C27H43FO. The van der Waals surface area contributed by atoms with Crippen LogP contribution in [0.3, 0.4) is 0 Å². The third kappa shape index (κ3) is 5.06. The average molecular weight is 403 g/mol. The Kier molecular flexibility index (Phi) is 7.46. The van der Waals surface area contributed by atoms with Crippen molar-refractivity contribution in [3.8, 4) is 0 Å². The van der Waals surface area contributed by atoms with Crippen LogP contribution in [0.25, 0.3) is 0 Å². The molecule has 0 unspecified atom stereocenters. The Balaban J connectivity index is 1.75. The summed E-state index contributed by atoms with van der Waals surface area (Å²) in [6, 6.07) is 0. The molecule has 3 fully saturated rings. The topological polar surface area (TPSA) is 20.2 Å². The second kappa shape index (κ2) is 9.50. The van der Waals surface area contributed by atoms with E-state index in [9.17, 15) is 5.11 Å². The summed E-state index contributed by atoms with van der Waals surface area (Å²) in [5.74, 6) is 2.73. The molecule has 0 aromatic heterocycles. The second-order valence-electron chi connectivity index (χ2n) is 10.9. The highest BCUT2D eigenvalue weighted by atomic mass is 19.1. The van der Waals surface area contributed by atoms with E-state index in [0.29, 0.717) is 36.2 Å². The minimum absolute atomic E-state index is 0.124. The Bertz CT molecular complexity index is 657. The van der Waals surface area contributed by atoms with Crippen LogP contribution in [0.1, 0.15) is 98.3 Å². The van der Waals surface area contributed by atoms with Gasteiger partial charge in [0.25, 0.3) is 0 Å². The van der Waals surface area contributed by atoms with Gasteiger partial charge in [-0.05, 0) is 91.3 Å². The van der Waals surface area contributed by atoms with Gasteiger partial charge in [0, 0.05) is 6.42 Å². The van der Waals surface area contributed by atoms with Crippen LogP contribution < -0.4 is 0 Å². The maximum Gasteiger partial charge on any atom is 0.126 e. The summed E-state index contributed by atoms with van der Waals surface area (Å²) in [5.41, 5.74) is 3.20. The van der Waals surface area contributed by atoms with Crippen molar-refractivity contribution in [1.29, 1.82) is 0 Å². The molecule has 0 aromatic carbocycles. The van der Waals surface area contributed by atoms with Crippen molar-refractivity contribution in [1.82, 2.24) is 0 Å². The van der Waals surface area contributed by atoms with Crippen LogP contribution in [0.2, 0.25) is 0 Å². The Morgan fingerprint density at radius 3 is 2.69 bits per heavy atom. The smallest absolute Gasteiger partial charge is 0.126 e. The van der Waals surface area contributed by atoms with Gasteiger partial charge in [0.2, 0.25) is 0 Å². The van der Waals surface area contributed by atoms with E-state index in [0.717, 1.165) is 29.7 Å². The van der Waals surface area contributed by atoms with Crippen molar-refractivity contribution < 1.29 is 9.50 Å². The molecule has 5 atom stereocenters. The molecule has 0 aliphatic heterocycles. The number of halogens is 1. The minimum Gasteiger partial charge on any atom is -0.393 e. The highest BCUT2D eigenvalue weighted by Crippen LogP contribution is 2.60. The number of aliphatic hydroxyl groups is 1. The van der Waals surface area contributed by atoms with Crippen molar-refractivity contribution in [3.63, 3.8) is 0 Å². The van der Waals surface area contributed by atoms with E-state index in [1.807, 2.05) is 6.08 Å². The SMILES string of the molecule is C=C1CC[C@H](O)C/C1=C(F)/C=C1\CCC[C@]2(C)[C@@H]([C@H](C)CCCC(C)C)CC[C@@H]12. The van der Waals surface area contributed by atoms with Gasteiger partial charge in [0.1, 0.15) is 5.83 Å². The fraction of sp³-hybridized carbons (Fsp3) is 0.778. The van der Waals surface area contributed by atoms with Crippen LogP contribution in [0.15, 0.2) is 35.2 Å². The Hall–Kier alpha value is -0.890. The molecule has 0 amide bonds. The Labute approximate surface area is 178 Å². The Morgan fingerprint density at radius 1 is 1.21 bits per heavy atom. The highest BCUT2D eigenvalue weighted by Gasteiger charge is 2.50. The third-order valence-electron chi connectivity index (χ3n) is 8.41. The summed E-state index contributed by atoms with van der Waals surface area (Å²) in [6.07, 6.45) is 13.3. The van der Waals surface area contributed by atoms with Gasteiger partial charge >= 0.3 is 0 Å². The normalized spacial score (nSPS) is 37.1. The summed E-state index contributed by atoms with van der Waals surface area (Å²) >= 11 is 0. The summed E-state index contributed by atoms with van der Waals surface area (Å²) < 4.78 is 15.2. The van der Waals surface area contributed by atoms with Gasteiger partial charge in [-0.25, -0.2) is 4.39 Å². The van der Waals surface area contributed by atoms with Gasteiger partial charge < -0.3 is 5.11 Å². The van der Waals surface area contributed by atoms with Gasteiger partial charge in [-0.3, -0.25) is 0 Å². The molecule has 0 heterocycles. The lowest BCUT2D eigenvalue weighted by atomic mass is 9.60. The lowest BCUT2D eigenvalue weighted by molar-refractivity contribution is 0.0927. The first kappa shape index (κ1) is 22.8. The van der Waals surface area contributed by atoms with Gasteiger partial charge in [-0.15, -0.1) is 0 Å². The number of hydrogen-bond donors (Lipinski definition) is 1. The Morgan fingerprint density at radius 2 is 1.97 bits per heavy atom. The zero-order valence-electron chi connectivity index (χ0n) is 19.3. The van der Waals surface area contributed by atoms with Crippen molar-refractivity contribution in [2.45, 2.75) is 104 Å². The summed E-state index contributed by atoms with van der Waals surface area (Å²) in [6.45, 7) is 13.7. The van der Waals surface area contributed by atoms with Crippen molar-refractivity contribution in [3.05, 3.63) is 35.2 Å². The number of fused-ring (bicyclic) bond motifs is 1. The first-order chi connectivity index (χ1) is 13.7. The van der Waals surface area contributed by atoms with Crippen LogP contribution in [0, 0.1) is 29.1 Å². The average Bonchev–Trinajstić information content (AvgIpc) is 3.01. The molecule has 0 bridgehead atoms. The molecule has 0 spiro atoms. The maximum atomic E-state index is 15.2. The van der Waals surface area contributed by atoms with Crippen LogP contribution in [0.4, 0.5) is 4.39 Å². The number of hydrogen-bond acceptors (Lipinski definition) is 1. The molecule has 1 nitrogen and oxygen atoms in total. The molecule has 164 valence electrons. The van der Waals surface area contributed by atoms with E-state index >= 15 is 4.39 Å². The van der Waals surface area contributed by atoms with Crippen LogP contribution >= 0.6 is 0 Å². The van der Waals surface area contributed by atoms with E-state index in [-0.39, 0.29) is 5.83 Å². The molecule has 0 saturated heterocycles. The number of rotatable bonds is 6. The highest BCUT2D eigenvalue weighted by molar-refractivity contribution is 5.39. The molecule has 2 heteroatoms. The van der Waals surface area contributed by atoms with E-state index in [4.69, 9.17) is 0 Å². The molecule has 3 saturated carbocycles. The molecule has 3 aliphatic carbocycles. The molecule has 3 aliphatic rings. The molecule has 1 N–H and O–H groups in total. The molecule has 29 heavy (non-hydrogen) atoms. The first-order valence-corrected chi connectivity index (χ1v) is 12.2. The molecular weight excluding hydrogens is 359 g/mol. The summed E-state index contributed by atoms with van der Waals surface area (Å²) in [7, 11) is 0. The predicted octanol–water partition coefficient (Wildman–Crippen LogP) is 7.92. The zero-order valence-corrected chi connectivity index (χ0v) is 19.3. The van der Waals surface area contributed by atoms with Crippen molar-refractivity contribution in [2.24, 2.45) is 29.1 Å². The molecule has 3 rings (SSSR count). The maximum absolute atomic E-state index is 15.2. The standard InChI is InChI=1S/C27H43FO/c1-18(2)8-6-9-20(4)24-13-14-25-21(10-7-15-27(24,25)5)16-26(28)23-17-22(29)12-11-19(23)3/h16,18,20,22,24-25,29H,3,6-15,17H2,1-2,4-5H3/b21-16+,26-23+/t20-,22+,24-,25+,27-/m1/s1. The largest absolute Gasteiger partial charge is 0.393 e. The van der Waals surface area contributed by atoms with E-state index in [2.05, 4.69) is 34.3 Å². The van der Waals surface area contributed by atoms with E-state index in [1.165, 1.54) is 50.5 Å². The lowest BCUT2D eigenvalue weighted by Crippen LogP contribution is -2.36. The predicted molar refractivity (Wildman–Crippen MR) is 121 cm³/mol. The first-order valence-electron chi connectivity index (χ1n) is 12.2.